The maximum absolute atomic E-state index is 11.6. The van der Waals surface area contributed by atoms with Crippen LogP contribution in [-0.4, -0.2) is 19.5 Å². The summed E-state index contributed by atoms with van der Waals surface area (Å²) in [7, 11) is -3.82. The Bertz CT molecular complexity index is 586. The molecule has 0 spiro atoms. The molecular weight excluding hydrogens is 288 g/mol. The van der Waals surface area contributed by atoms with Crippen molar-refractivity contribution in [2.75, 3.05) is 0 Å². The van der Waals surface area contributed by atoms with E-state index < -0.39 is 10.0 Å². The van der Waals surface area contributed by atoms with Crippen LogP contribution in [0.25, 0.3) is 0 Å². The number of pyridine rings is 1. The van der Waals surface area contributed by atoms with Crippen LogP contribution in [0.15, 0.2) is 23.2 Å². The second kappa shape index (κ2) is 6.32. The van der Waals surface area contributed by atoms with Gasteiger partial charge in [-0.15, -0.1) is 0 Å². The summed E-state index contributed by atoms with van der Waals surface area (Å²) in [5.41, 5.74) is 0. The molecule has 3 unspecified atom stereocenters. The molecule has 1 heterocycles. The molecule has 0 saturated heterocycles. The Morgan fingerprint density at radius 2 is 2.10 bits per heavy atom. The zero-order valence-corrected chi connectivity index (χ0v) is 13.6. The lowest BCUT2D eigenvalue weighted by atomic mass is 9.75. The molecule has 118 valence electrons. The second-order valence-corrected chi connectivity index (χ2v) is 7.86. The van der Waals surface area contributed by atoms with Gasteiger partial charge in [-0.2, -0.15) is 0 Å². The quantitative estimate of drug-likeness (QED) is 0.926. The minimum absolute atomic E-state index is 0.0100. The van der Waals surface area contributed by atoms with Crippen LogP contribution in [0.5, 0.6) is 5.88 Å². The topological polar surface area (TPSA) is 82.3 Å². The van der Waals surface area contributed by atoms with E-state index in [-0.39, 0.29) is 16.9 Å². The van der Waals surface area contributed by atoms with Crippen molar-refractivity contribution in [2.24, 2.45) is 22.9 Å². The van der Waals surface area contributed by atoms with Crippen LogP contribution < -0.4 is 9.88 Å². The first-order valence-electron chi connectivity index (χ1n) is 7.43. The van der Waals surface area contributed by atoms with Crippen molar-refractivity contribution in [3.63, 3.8) is 0 Å². The molecule has 2 N–H and O–H groups in total. The number of nitrogens with zero attached hydrogens (tertiary/aromatic N) is 1. The zero-order chi connectivity index (χ0) is 15.6. The van der Waals surface area contributed by atoms with E-state index >= 15 is 0 Å². The summed E-state index contributed by atoms with van der Waals surface area (Å²) in [4.78, 5) is 4.04. The van der Waals surface area contributed by atoms with Crippen molar-refractivity contribution in [3.05, 3.63) is 18.3 Å². The molecular formula is C15H24N2O3S. The van der Waals surface area contributed by atoms with Crippen LogP contribution in [-0.2, 0) is 10.0 Å². The molecule has 2 rings (SSSR count). The van der Waals surface area contributed by atoms with Crippen LogP contribution in [0.1, 0.15) is 40.0 Å². The van der Waals surface area contributed by atoms with E-state index in [1.54, 1.807) is 6.07 Å². The highest BCUT2D eigenvalue weighted by molar-refractivity contribution is 7.89. The Morgan fingerprint density at radius 1 is 1.38 bits per heavy atom. The summed E-state index contributed by atoms with van der Waals surface area (Å²) in [5.74, 6) is 1.61. The molecule has 1 aliphatic rings. The maximum Gasteiger partial charge on any atom is 0.243 e. The van der Waals surface area contributed by atoms with Gasteiger partial charge in [0.2, 0.25) is 15.9 Å². The van der Waals surface area contributed by atoms with Gasteiger partial charge < -0.3 is 4.74 Å². The molecule has 21 heavy (non-hydrogen) atoms. The number of hydrogen-bond donors (Lipinski definition) is 1. The van der Waals surface area contributed by atoms with E-state index in [2.05, 4.69) is 25.8 Å². The van der Waals surface area contributed by atoms with Gasteiger partial charge in [0.05, 0.1) is 0 Å². The normalized spacial score (nSPS) is 26.8. The molecule has 0 aromatic carbocycles. The molecule has 3 atom stereocenters. The molecule has 1 aromatic rings. The number of nitrogens with two attached hydrogens (primary N) is 1. The van der Waals surface area contributed by atoms with E-state index in [0.29, 0.717) is 17.8 Å². The average molecular weight is 312 g/mol. The highest BCUT2D eigenvalue weighted by Gasteiger charge is 2.33. The Balaban J connectivity index is 2.27. The van der Waals surface area contributed by atoms with Gasteiger partial charge in [0.25, 0.3) is 0 Å². The predicted octanol–water partition coefficient (Wildman–Crippen LogP) is 2.57. The lowest BCUT2D eigenvalue weighted by Gasteiger charge is -2.37. The molecule has 0 aliphatic heterocycles. The fourth-order valence-electron chi connectivity index (χ4n) is 3.07. The van der Waals surface area contributed by atoms with Gasteiger partial charge in [-0.3, -0.25) is 0 Å². The second-order valence-electron chi connectivity index (χ2n) is 6.33. The monoisotopic (exact) mass is 312 g/mol. The highest BCUT2D eigenvalue weighted by Crippen LogP contribution is 2.36. The average Bonchev–Trinajstić information content (AvgIpc) is 2.37. The first kappa shape index (κ1) is 16.2. The molecule has 1 saturated carbocycles. The number of primary sulfonamides is 1. The minimum Gasteiger partial charge on any atom is -0.473 e. The lowest BCUT2D eigenvalue weighted by Crippen LogP contribution is -2.37. The highest BCUT2D eigenvalue weighted by atomic mass is 32.2. The van der Waals surface area contributed by atoms with Crippen molar-refractivity contribution in [2.45, 2.75) is 51.0 Å². The summed E-state index contributed by atoms with van der Waals surface area (Å²) in [6.45, 7) is 6.55. The van der Waals surface area contributed by atoms with E-state index in [4.69, 9.17) is 9.88 Å². The summed E-state index contributed by atoms with van der Waals surface area (Å²) in [6, 6.07) is 2.99. The molecule has 0 radical (unpaired) electrons. The zero-order valence-electron chi connectivity index (χ0n) is 12.8. The number of sulfonamides is 1. The smallest absolute Gasteiger partial charge is 0.243 e. The number of rotatable bonds is 4. The van der Waals surface area contributed by atoms with Gasteiger partial charge in [0.15, 0.2) is 0 Å². The summed E-state index contributed by atoms with van der Waals surface area (Å²) in [6.07, 6.45) is 4.72. The van der Waals surface area contributed by atoms with E-state index in [0.717, 1.165) is 12.8 Å². The van der Waals surface area contributed by atoms with E-state index in [9.17, 15) is 8.42 Å². The third kappa shape index (κ3) is 3.95. The van der Waals surface area contributed by atoms with Crippen LogP contribution in [0.2, 0.25) is 0 Å². The van der Waals surface area contributed by atoms with Crippen LogP contribution in [0, 0.1) is 17.8 Å². The van der Waals surface area contributed by atoms with Gasteiger partial charge in [-0.25, -0.2) is 18.5 Å². The van der Waals surface area contributed by atoms with Gasteiger partial charge in [-0.1, -0.05) is 27.2 Å². The van der Waals surface area contributed by atoms with Crippen LogP contribution >= 0.6 is 0 Å². The third-order valence-electron chi connectivity index (χ3n) is 4.27. The van der Waals surface area contributed by atoms with Crippen LogP contribution in [0.3, 0.4) is 0 Å². The SMILES string of the molecule is CC1CCC(C(C)C)C(Oc2ncccc2S(N)(=O)=O)C1. The van der Waals surface area contributed by atoms with Gasteiger partial charge in [-0.05, 0) is 42.7 Å². The first-order chi connectivity index (χ1) is 9.79. The standard InChI is InChI=1S/C15H24N2O3S/c1-10(2)12-7-6-11(3)9-13(12)20-15-14(21(16,18)19)5-4-8-17-15/h4-5,8,10-13H,6-7,9H2,1-3H3,(H2,16,18,19). The molecule has 1 fully saturated rings. The minimum atomic E-state index is -3.82. The van der Waals surface area contributed by atoms with Crippen LogP contribution in [0.4, 0.5) is 0 Å². The summed E-state index contributed by atoms with van der Waals surface area (Å²) >= 11 is 0. The van der Waals surface area contributed by atoms with Crippen molar-refractivity contribution in [1.29, 1.82) is 0 Å². The Morgan fingerprint density at radius 3 is 2.71 bits per heavy atom. The summed E-state index contributed by atoms with van der Waals surface area (Å²) < 4.78 is 29.3. The first-order valence-corrected chi connectivity index (χ1v) is 8.98. The number of hydrogen-bond acceptors (Lipinski definition) is 4. The van der Waals surface area contributed by atoms with Gasteiger partial charge >= 0.3 is 0 Å². The Labute approximate surface area is 127 Å². The lowest BCUT2D eigenvalue weighted by molar-refractivity contribution is 0.0403. The Hall–Kier alpha value is -1.14. The van der Waals surface area contributed by atoms with E-state index in [1.807, 2.05) is 0 Å². The van der Waals surface area contributed by atoms with Crippen molar-refractivity contribution < 1.29 is 13.2 Å². The molecule has 0 amide bonds. The fraction of sp³-hybridized carbons (Fsp3) is 0.667. The van der Waals surface area contributed by atoms with Gasteiger partial charge in [0, 0.05) is 6.20 Å². The molecule has 5 nitrogen and oxygen atoms in total. The van der Waals surface area contributed by atoms with Gasteiger partial charge in [0.1, 0.15) is 11.0 Å². The fourth-order valence-corrected chi connectivity index (χ4v) is 3.69. The number of ether oxygens (including phenoxy) is 1. The number of aromatic nitrogens is 1. The van der Waals surface area contributed by atoms with Crippen molar-refractivity contribution in [1.82, 2.24) is 4.98 Å². The third-order valence-corrected chi connectivity index (χ3v) is 5.19. The summed E-state index contributed by atoms with van der Waals surface area (Å²) in [5, 5.41) is 5.24. The molecule has 0 bridgehead atoms. The molecule has 1 aromatic heterocycles. The predicted molar refractivity (Wildman–Crippen MR) is 81.4 cm³/mol. The van der Waals surface area contributed by atoms with Crippen molar-refractivity contribution >= 4 is 10.0 Å². The molecule has 1 aliphatic carbocycles. The maximum atomic E-state index is 11.6. The molecule has 6 heteroatoms. The largest absolute Gasteiger partial charge is 0.473 e. The van der Waals surface area contributed by atoms with Crippen molar-refractivity contribution in [3.8, 4) is 5.88 Å². The van der Waals surface area contributed by atoms with E-state index in [1.165, 1.54) is 18.7 Å². The Kier molecular flexibility index (Phi) is 4.88.